The molecule has 1 N–H and O–H groups in total. The SMILES string of the molecule is COC(=O)C(CC(C)C)N(C)Cc1ccc(C(=O)O)cc1. The third-order valence-corrected chi connectivity index (χ3v) is 3.33. The number of hydrogen-bond acceptors (Lipinski definition) is 4. The Balaban J connectivity index is 2.78. The third kappa shape index (κ3) is 5.19. The molecule has 0 spiro atoms. The van der Waals surface area contributed by atoms with E-state index < -0.39 is 5.97 Å². The van der Waals surface area contributed by atoms with E-state index in [0.717, 1.165) is 12.0 Å². The first-order valence-corrected chi connectivity index (χ1v) is 6.95. The smallest absolute Gasteiger partial charge is 0.335 e. The second-order valence-corrected chi connectivity index (χ2v) is 5.59. The molecule has 5 heteroatoms. The van der Waals surface area contributed by atoms with Crippen LogP contribution in [0, 0.1) is 5.92 Å². The van der Waals surface area contributed by atoms with Gasteiger partial charge in [-0.25, -0.2) is 4.79 Å². The Labute approximate surface area is 125 Å². The number of carboxylic acids is 1. The number of hydrogen-bond donors (Lipinski definition) is 1. The molecule has 0 bridgehead atoms. The normalized spacial score (nSPS) is 12.5. The summed E-state index contributed by atoms with van der Waals surface area (Å²) in [6, 6.07) is 6.38. The molecule has 0 saturated heterocycles. The van der Waals surface area contributed by atoms with Crippen LogP contribution in [0.3, 0.4) is 0 Å². The Morgan fingerprint density at radius 2 is 1.81 bits per heavy atom. The van der Waals surface area contributed by atoms with Gasteiger partial charge in [-0.15, -0.1) is 0 Å². The number of ether oxygens (including phenoxy) is 1. The third-order valence-electron chi connectivity index (χ3n) is 3.33. The van der Waals surface area contributed by atoms with Crippen molar-refractivity contribution < 1.29 is 19.4 Å². The molecule has 0 saturated carbocycles. The Hall–Kier alpha value is -1.88. The fourth-order valence-electron chi connectivity index (χ4n) is 2.19. The fraction of sp³-hybridized carbons (Fsp3) is 0.500. The first-order chi connectivity index (χ1) is 9.85. The van der Waals surface area contributed by atoms with E-state index in [4.69, 9.17) is 9.84 Å². The minimum absolute atomic E-state index is 0.242. The Bertz CT molecular complexity index is 482. The molecular formula is C16H23NO4. The predicted octanol–water partition coefficient (Wildman–Crippen LogP) is 2.40. The topological polar surface area (TPSA) is 66.8 Å². The van der Waals surface area contributed by atoms with Gasteiger partial charge in [0.25, 0.3) is 0 Å². The van der Waals surface area contributed by atoms with E-state index in [1.54, 1.807) is 24.3 Å². The number of carboxylic acid groups (broad SMARTS) is 1. The van der Waals surface area contributed by atoms with Gasteiger partial charge < -0.3 is 9.84 Å². The lowest BCUT2D eigenvalue weighted by Gasteiger charge is -2.27. The number of benzene rings is 1. The first-order valence-electron chi connectivity index (χ1n) is 6.95. The molecule has 1 aromatic carbocycles. The Kier molecular flexibility index (Phi) is 6.37. The molecule has 1 aromatic rings. The van der Waals surface area contributed by atoms with Crippen molar-refractivity contribution in [1.29, 1.82) is 0 Å². The largest absolute Gasteiger partial charge is 0.478 e. The lowest BCUT2D eigenvalue weighted by Crippen LogP contribution is -2.39. The summed E-state index contributed by atoms with van der Waals surface area (Å²) in [5.74, 6) is -0.804. The van der Waals surface area contributed by atoms with Crippen molar-refractivity contribution >= 4 is 11.9 Å². The quantitative estimate of drug-likeness (QED) is 0.782. The molecule has 0 aliphatic heterocycles. The van der Waals surface area contributed by atoms with Gasteiger partial charge in [-0.1, -0.05) is 26.0 Å². The molecule has 0 aliphatic rings. The highest BCUT2D eigenvalue weighted by Crippen LogP contribution is 2.15. The summed E-state index contributed by atoms with van der Waals surface area (Å²) < 4.78 is 4.86. The summed E-state index contributed by atoms with van der Waals surface area (Å²) in [6.45, 7) is 4.68. The number of aromatic carboxylic acids is 1. The molecule has 1 atom stereocenters. The number of likely N-dealkylation sites (N-methyl/N-ethyl adjacent to an activating group) is 1. The summed E-state index contributed by atoms with van der Waals surface area (Å²) in [7, 11) is 3.26. The van der Waals surface area contributed by atoms with Crippen molar-refractivity contribution in [3.05, 3.63) is 35.4 Å². The van der Waals surface area contributed by atoms with E-state index >= 15 is 0 Å². The van der Waals surface area contributed by atoms with Crippen LogP contribution >= 0.6 is 0 Å². The Morgan fingerprint density at radius 3 is 2.24 bits per heavy atom. The molecule has 5 nitrogen and oxygen atoms in total. The Morgan fingerprint density at radius 1 is 1.24 bits per heavy atom. The fourth-order valence-corrected chi connectivity index (χ4v) is 2.19. The molecule has 0 heterocycles. The average molecular weight is 293 g/mol. The maximum Gasteiger partial charge on any atom is 0.335 e. The van der Waals surface area contributed by atoms with Gasteiger partial charge in [-0.2, -0.15) is 0 Å². The first kappa shape index (κ1) is 17.2. The maximum atomic E-state index is 11.9. The molecule has 21 heavy (non-hydrogen) atoms. The highest BCUT2D eigenvalue weighted by atomic mass is 16.5. The average Bonchev–Trinajstić information content (AvgIpc) is 2.44. The van der Waals surface area contributed by atoms with Crippen molar-refractivity contribution in [2.45, 2.75) is 32.9 Å². The molecule has 1 rings (SSSR count). The molecule has 0 aliphatic carbocycles. The van der Waals surface area contributed by atoms with Gasteiger partial charge in [0, 0.05) is 6.54 Å². The minimum atomic E-state index is -0.942. The molecule has 116 valence electrons. The number of rotatable bonds is 7. The predicted molar refractivity (Wildman–Crippen MR) is 80.1 cm³/mol. The molecule has 0 aromatic heterocycles. The monoisotopic (exact) mass is 293 g/mol. The number of methoxy groups -OCH3 is 1. The van der Waals surface area contributed by atoms with Crippen LogP contribution in [0.5, 0.6) is 0 Å². The second-order valence-electron chi connectivity index (χ2n) is 5.59. The van der Waals surface area contributed by atoms with Crippen LogP contribution in [-0.2, 0) is 16.1 Å². The molecular weight excluding hydrogens is 270 g/mol. The van der Waals surface area contributed by atoms with E-state index in [1.165, 1.54) is 7.11 Å². The second kappa shape index (κ2) is 7.78. The van der Waals surface area contributed by atoms with Gasteiger partial charge in [-0.05, 0) is 37.1 Å². The van der Waals surface area contributed by atoms with Crippen molar-refractivity contribution in [1.82, 2.24) is 4.90 Å². The zero-order valence-corrected chi connectivity index (χ0v) is 13.0. The molecule has 1 unspecified atom stereocenters. The zero-order chi connectivity index (χ0) is 16.0. The van der Waals surface area contributed by atoms with Gasteiger partial charge in [0.05, 0.1) is 12.7 Å². The van der Waals surface area contributed by atoms with E-state index in [9.17, 15) is 9.59 Å². The summed E-state index contributed by atoms with van der Waals surface area (Å²) in [5, 5.41) is 8.88. The van der Waals surface area contributed by atoms with Crippen LogP contribution in [0.25, 0.3) is 0 Å². The summed E-state index contributed by atoms with van der Waals surface area (Å²) in [4.78, 5) is 24.6. The number of carbonyl (C=O) groups excluding carboxylic acids is 1. The number of nitrogens with zero attached hydrogens (tertiary/aromatic N) is 1. The van der Waals surface area contributed by atoms with Crippen LogP contribution in [0.1, 0.15) is 36.2 Å². The van der Waals surface area contributed by atoms with Gasteiger partial charge >= 0.3 is 11.9 Å². The minimum Gasteiger partial charge on any atom is -0.478 e. The maximum absolute atomic E-state index is 11.9. The molecule has 0 radical (unpaired) electrons. The van der Waals surface area contributed by atoms with Crippen LogP contribution in [0.2, 0.25) is 0 Å². The van der Waals surface area contributed by atoms with E-state index in [0.29, 0.717) is 12.5 Å². The summed E-state index contributed by atoms with van der Waals surface area (Å²) in [5.41, 5.74) is 1.22. The van der Waals surface area contributed by atoms with Crippen molar-refractivity contribution in [3.63, 3.8) is 0 Å². The van der Waals surface area contributed by atoms with Crippen molar-refractivity contribution in [3.8, 4) is 0 Å². The molecule has 0 amide bonds. The highest BCUT2D eigenvalue weighted by molar-refractivity contribution is 5.87. The van der Waals surface area contributed by atoms with Gasteiger partial charge in [0.15, 0.2) is 0 Å². The lowest BCUT2D eigenvalue weighted by molar-refractivity contribution is -0.147. The van der Waals surface area contributed by atoms with Crippen molar-refractivity contribution in [2.75, 3.05) is 14.2 Å². The van der Waals surface area contributed by atoms with Crippen molar-refractivity contribution in [2.24, 2.45) is 5.92 Å². The summed E-state index contributed by atoms with van der Waals surface area (Å²) in [6.07, 6.45) is 0.719. The van der Waals surface area contributed by atoms with Gasteiger partial charge in [0.2, 0.25) is 0 Å². The highest BCUT2D eigenvalue weighted by Gasteiger charge is 2.25. The van der Waals surface area contributed by atoms with Crippen LogP contribution < -0.4 is 0 Å². The number of esters is 1. The van der Waals surface area contributed by atoms with E-state index in [-0.39, 0.29) is 17.6 Å². The summed E-state index contributed by atoms with van der Waals surface area (Å²) >= 11 is 0. The zero-order valence-electron chi connectivity index (χ0n) is 13.0. The van der Waals surface area contributed by atoms with Gasteiger partial charge in [-0.3, -0.25) is 9.69 Å². The van der Waals surface area contributed by atoms with Crippen LogP contribution in [-0.4, -0.2) is 42.1 Å². The lowest BCUT2D eigenvalue weighted by atomic mass is 10.0. The van der Waals surface area contributed by atoms with Gasteiger partial charge in [0.1, 0.15) is 6.04 Å². The van der Waals surface area contributed by atoms with Crippen LogP contribution in [0.15, 0.2) is 24.3 Å². The van der Waals surface area contributed by atoms with Crippen LogP contribution in [0.4, 0.5) is 0 Å². The standard InChI is InChI=1S/C16H23NO4/c1-11(2)9-14(16(20)21-4)17(3)10-12-5-7-13(8-6-12)15(18)19/h5-8,11,14H,9-10H2,1-4H3,(H,18,19). The van der Waals surface area contributed by atoms with E-state index in [2.05, 4.69) is 13.8 Å². The van der Waals surface area contributed by atoms with E-state index in [1.807, 2.05) is 11.9 Å². The molecule has 0 fully saturated rings. The number of carbonyl (C=O) groups is 2.